The molecule has 5 rings (SSSR count). The van der Waals surface area contributed by atoms with Crippen molar-refractivity contribution in [2.45, 2.75) is 11.3 Å². The number of aryl methyl sites for hydroxylation is 1. The molecular formula is C24H24ClFN6O3S. The number of pyridine rings is 1. The first kappa shape index (κ1) is 24.5. The molecule has 2 aromatic heterocycles. The zero-order chi connectivity index (χ0) is 25.7. The maximum absolute atomic E-state index is 14.2. The zero-order valence-electron chi connectivity index (χ0n) is 20.1. The first-order chi connectivity index (χ1) is 17.2. The van der Waals surface area contributed by atoms with Gasteiger partial charge in [-0.3, -0.25) is 14.5 Å². The molecule has 0 bridgehead atoms. The number of methoxy groups -OCH3 is 1. The molecule has 3 amide bonds. The minimum atomic E-state index is -0.615. The van der Waals surface area contributed by atoms with Crippen LogP contribution >= 0.6 is 23.4 Å². The molecule has 0 spiro atoms. The molecule has 0 saturated carbocycles. The molecule has 2 aliphatic rings. The summed E-state index contributed by atoms with van der Waals surface area (Å²) in [4.78, 5) is 37.5. The standard InChI is InChI=1S/C24H24ClFN6O3S/c1-29(2)5-6-31-17-9-20(14-7-19(35-4)16(26)8-15(14)25)36-22(17)23(33)32(24(31)34)18-12-27-10-13-11-28-30(3)21(13)18/h7-12,17,22H,5-6H2,1-4H3. The lowest BCUT2D eigenvalue weighted by Crippen LogP contribution is -2.63. The van der Waals surface area contributed by atoms with Gasteiger partial charge in [-0.2, -0.15) is 5.10 Å². The first-order valence-electron chi connectivity index (χ1n) is 11.2. The number of halogens is 2. The molecule has 2 unspecified atom stereocenters. The van der Waals surface area contributed by atoms with Crippen molar-refractivity contribution in [2.75, 3.05) is 39.2 Å². The van der Waals surface area contributed by atoms with Crippen molar-refractivity contribution in [3.63, 3.8) is 0 Å². The Balaban J connectivity index is 1.59. The van der Waals surface area contributed by atoms with Crippen LogP contribution in [0.15, 0.2) is 36.8 Å². The zero-order valence-corrected chi connectivity index (χ0v) is 21.7. The number of amides is 3. The lowest BCUT2D eigenvalue weighted by Gasteiger charge is -2.41. The van der Waals surface area contributed by atoms with Crippen molar-refractivity contribution in [3.8, 4) is 5.75 Å². The Morgan fingerprint density at radius 3 is 2.72 bits per heavy atom. The lowest BCUT2D eigenvalue weighted by atomic mass is 10.0. The molecular weight excluding hydrogens is 507 g/mol. The summed E-state index contributed by atoms with van der Waals surface area (Å²) < 4.78 is 20.9. The molecule has 1 saturated heterocycles. The fourth-order valence-corrected chi connectivity index (χ4v) is 6.16. The summed E-state index contributed by atoms with van der Waals surface area (Å²) in [5, 5.41) is 4.57. The highest BCUT2D eigenvalue weighted by Crippen LogP contribution is 2.48. The molecule has 0 aliphatic carbocycles. The fourth-order valence-electron chi connectivity index (χ4n) is 4.49. The van der Waals surface area contributed by atoms with Gasteiger partial charge in [0.05, 0.1) is 41.8 Å². The van der Waals surface area contributed by atoms with Crippen molar-refractivity contribution in [2.24, 2.45) is 7.05 Å². The molecule has 0 N–H and O–H groups in total. The number of benzene rings is 1. The second-order valence-electron chi connectivity index (χ2n) is 8.84. The third kappa shape index (κ3) is 4.00. The number of urea groups is 1. The number of ether oxygens (including phenoxy) is 1. The highest BCUT2D eigenvalue weighted by atomic mass is 35.5. The Bertz CT molecular complexity index is 1410. The normalized spacial score (nSPS) is 19.9. The molecule has 1 fully saturated rings. The van der Waals surface area contributed by atoms with E-state index in [1.165, 1.54) is 42.1 Å². The van der Waals surface area contributed by atoms with Gasteiger partial charge in [0.1, 0.15) is 5.25 Å². The van der Waals surface area contributed by atoms with Crippen LogP contribution in [0, 0.1) is 5.82 Å². The number of anilines is 1. The monoisotopic (exact) mass is 530 g/mol. The van der Waals surface area contributed by atoms with E-state index in [-0.39, 0.29) is 16.7 Å². The highest BCUT2D eigenvalue weighted by molar-refractivity contribution is 8.09. The van der Waals surface area contributed by atoms with Gasteiger partial charge >= 0.3 is 6.03 Å². The number of carbonyl (C=O) groups excluding carboxylic acids is 2. The van der Waals surface area contributed by atoms with Crippen molar-refractivity contribution < 1.29 is 18.7 Å². The molecule has 0 radical (unpaired) electrons. The van der Waals surface area contributed by atoms with E-state index in [9.17, 15) is 14.0 Å². The van der Waals surface area contributed by atoms with Gasteiger partial charge in [0.2, 0.25) is 0 Å². The molecule has 1 aromatic carbocycles. The van der Waals surface area contributed by atoms with Crippen molar-refractivity contribution in [3.05, 3.63) is 53.2 Å². The average Bonchev–Trinajstić information content (AvgIpc) is 3.44. The number of fused-ring (bicyclic) bond motifs is 2. The number of aromatic nitrogens is 3. The number of thioether (sulfide) groups is 1. The van der Waals surface area contributed by atoms with Crippen LogP contribution in [-0.2, 0) is 11.8 Å². The molecule has 2 aliphatic heterocycles. The summed E-state index contributed by atoms with van der Waals surface area (Å²) >= 11 is 7.69. The van der Waals surface area contributed by atoms with E-state index in [1.807, 2.05) is 25.1 Å². The van der Waals surface area contributed by atoms with Gasteiger partial charge in [-0.1, -0.05) is 11.6 Å². The van der Waals surface area contributed by atoms with Crippen molar-refractivity contribution in [1.82, 2.24) is 24.6 Å². The summed E-state index contributed by atoms with van der Waals surface area (Å²) in [5.41, 5.74) is 1.57. The predicted octanol–water partition coefficient (Wildman–Crippen LogP) is 3.62. The first-order valence-corrected chi connectivity index (χ1v) is 12.4. The largest absolute Gasteiger partial charge is 0.494 e. The lowest BCUT2D eigenvalue weighted by molar-refractivity contribution is -0.119. The predicted molar refractivity (Wildman–Crippen MR) is 138 cm³/mol. The van der Waals surface area contributed by atoms with Crippen LogP contribution in [0.2, 0.25) is 5.02 Å². The fraction of sp³-hybridized carbons (Fsp3) is 0.333. The van der Waals surface area contributed by atoms with E-state index in [1.54, 1.807) is 29.0 Å². The van der Waals surface area contributed by atoms with Gasteiger partial charge in [-0.25, -0.2) is 14.1 Å². The summed E-state index contributed by atoms with van der Waals surface area (Å²) in [5.74, 6) is -0.884. The third-order valence-electron chi connectivity index (χ3n) is 6.30. The van der Waals surface area contributed by atoms with Gasteiger partial charge in [0.15, 0.2) is 11.6 Å². The minimum Gasteiger partial charge on any atom is -0.494 e. The molecule has 9 nitrogen and oxygen atoms in total. The van der Waals surface area contributed by atoms with Crippen LogP contribution in [0.4, 0.5) is 14.9 Å². The van der Waals surface area contributed by atoms with Gasteiger partial charge in [0, 0.05) is 42.2 Å². The molecule has 4 heterocycles. The maximum Gasteiger partial charge on any atom is 0.332 e. The molecule has 12 heteroatoms. The van der Waals surface area contributed by atoms with Crippen molar-refractivity contribution in [1.29, 1.82) is 0 Å². The number of carbonyl (C=O) groups is 2. The Morgan fingerprint density at radius 2 is 2.00 bits per heavy atom. The number of nitrogens with zero attached hydrogens (tertiary/aromatic N) is 6. The Kier molecular flexibility index (Phi) is 6.39. The molecule has 36 heavy (non-hydrogen) atoms. The number of rotatable bonds is 6. The summed E-state index contributed by atoms with van der Waals surface area (Å²) in [6.07, 6.45) is 6.66. The Hall–Kier alpha value is -3.15. The number of hydrogen-bond acceptors (Lipinski definition) is 7. The topological polar surface area (TPSA) is 83.8 Å². The van der Waals surface area contributed by atoms with E-state index in [0.29, 0.717) is 34.8 Å². The average molecular weight is 531 g/mol. The molecule has 2 atom stereocenters. The summed E-state index contributed by atoms with van der Waals surface area (Å²) in [6, 6.07) is 1.78. The van der Waals surface area contributed by atoms with E-state index < -0.39 is 23.1 Å². The van der Waals surface area contributed by atoms with Gasteiger partial charge in [0.25, 0.3) is 5.91 Å². The van der Waals surface area contributed by atoms with Crippen LogP contribution in [0.5, 0.6) is 5.75 Å². The van der Waals surface area contributed by atoms with Crippen LogP contribution < -0.4 is 9.64 Å². The Labute approximate surface area is 216 Å². The van der Waals surface area contributed by atoms with Gasteiger partial charge in [-0.05, 0) is 32.3 Å². The van der Waals surface area contributed by atoms with Crippen LogP contribution in [0.25, 0.3) is 15.8 Å². The third-order valence-corrected chi connectivity index (χ3v) is 7.96. The number of hydrogen-bond donors (Lipinski definition) is 0. The van der Waals surface area contributed by atoms with Crippen LogP contribution in [0.3, 0.4) is 0 Å². The number of likely N-dealkylation sites (N-methyl/N-ethyl adjacent to an activating group) is 1. The van der Waals surface area contributed by atoms with Crippen LogP contribution in [-0.4, -0.2) is 82.1 Å². The van der Waals surface area contributed by atoms with Crippen LogP contribution in [0.1, 0.15) is 5.56 Å². The quantitative estimate of drug-likeness (QED) is 0.481. The van der Waals surface area contributed by atoms with Gasteiger partial charge < -0.3 is 14.5 Å². The van der Waals surface area contributed by atoms with E-state index >= 15 is 0 Å². The minimum absolute atomic E-state index is 0.0493. The van der Waals surface area contributed by atoms with E-state index in [2.05, 4.69) is 10.1 Å². The SMILES string of the molecule is COc1cc(C2=CC3C(S2)C(=O)N(c2cncc4cnn(C)c24)C(=O)N3CCN(C)C)c(Cl)cc1F. The summed E-state index contributed by atoms with van der Waals surface area (Å²) in [7, 11) is 6.97. The molecule has 3 aromatic rings. The summed E-state index contributed by atoms with van der Waals surface area (Å²) in [6.45, 7) is 1.00. The van der Waals surface area contributed by atoms with Gasteiger partial charge in [-0.15, -0.1) is 11.8 Å². The number of imide groups is 1. The highest BCUT2D eigenvalue weighted by Gasteiger charge is 2.50. The van der Waals surface area contributed by atoms with Crippen molar-refractivity contribution >= 4 is 56.8 Å². The smallest absolute Gasteiger partial charge is 0.332 e. The van der Waals surface area contributed by atoms with E-state index in [4.69, 9.17) is 16.3 Å². The second-order valence-corrected chi connectivity index (χ2v) is 10.4. The van der Waals surface area contributed by atoms with E-state index in [0.717, 1.165) is 5.39 Å². The maximum atomic E-state index is 14.2. The molecule has 188 valence electrons. The second kappa shape index (κ2) is 9.38. The Morgan fingerprint density at radius 1 is 1.22 bits per heavy atom.